The molecule has 0 spiro atoms. The molecular formula is C17H13N5O3S. The van der Waals surface area contributed by atoms with Crippen molar-refractivity contribution in [3.8, 4) is 0 Å². The van der Waals surface area contributed by atoms with Gasteiger partial charge >= 0.3 is 11.9 Å². The number of carbonyl (C=O) groups excluding carboxylic acids is 1. The molecule has 0 bridgehead atoms. The number of aromatic carboxylic acids is 1. The number of carboxylic acids is 1. The number of nitrogens with two attached hydrogens (primary N) is 1. The van der Waals surface area contributed by atoms with Crippen LogP contribution in [0.15, 0.2) is 64.8 Å². The molecule has 0 fully saturated rings. The molecule has 1 heterocycles. The Hall–Kier alpha value is -3.59. The first-order valence-electron chi connectivity index (χ1n) is 7.42. The summed E-state index contributed by atoms with van der Waals surface area (Å²) in [6.45, 7) is 0. The van der Waals surface area contributed by atoms with Crippen LogP contribution in [0.4, 0.5) is 5.69 Å². The Morgan fingerprint density at radius 3 is 2.38 bits per heavy atom. The van der Waals surface area contributed by atoms with Crippen LogP contribution in [0.25, 0.3) is 0 Å². The molecule has 1 aliphatic heterocycles. The van der Waals surface area contributed by atoms with Gasteiger partial charge in [-0.05, 0) is 36.5 Å². The number of rotatable bonds is 4. The van der Waals surface area contributed by atoms with Crippen molar-refractivity contribution in [3.05, 3.63) is 65.7 Å². The Balaban J connectivity index is 1.91. The van der Waals surface area contributed by atoms with Gasteiger partial charge in [-0.1, -0.05) is 30.3 Å². The van der Waals surface area contributed by atoms with E-state index in [9.17, 15) is 9.59 Å². The zero-order valence-electron chi connectivity index (χ0n) is 13.3. The van der Waals surface area contributed by atoms with Crippen LogP contribution < -0.4 is 11.2 Å². The van der Waals surface area contributed by atoms with Crippen LogP contribution in [0, 0.1) is 0 Å². The fourth-order valence-corrected chi connectivity index (χ4v) is 2.37. The molecule has 0 aliphatic carbocycles. The minimum absolute atomic E-state index is 0.0475. The van der Waals surface area contributed by atoms with Gasteiger partial charge in [0.05, 0.1) is 11.3 Å². The second-order valence-corrected chi connectivity index (χ2v) is 5.64. The van der Waals surface area contributed by atoms with Crippen molar-refractivity contribution in [2.24, 2.45) is 15.9 Å². The van der Waals surface area contributed by atoms with Gasteiger partial charge in [0.25, 0.3) is 0 Å². The van der Waals surface area contributed by atoms with Crippen molar-refractivity contribution in [1.82, 2.24) is 5.01 Å². The molecule has 2 aromatic carbocycles. The average Bonchev–Trinajstić information content (AvgIpc) is 2.98. The molecular weight excluding hydrogens is 354 g/mol. The van der Waals surface area contributed by atoms with E-state index >= 15 is 0 Å². The minimum atomic E-state index is -1.03. The molecule has 3 rings (SSSR count). The number of nitrogens with zero attached hydrogens (tertiary/aromatic N) is 3. The van der Waals surface area contributed by atoms with Crippen LogP contribution in [0.2, 0.25) is 0 Å². The molecule has 0 aromatic heterocycles. The van der Waals surface area contributed by atoms with E-state index in [4.69, 9.17) is 23.1 Å². The molecule has 26 heavy (non-hydrogen) atoms. The van der Waals surface area contributed by atoms with E-state index < -0.39 is 11.9 Å². The highest BCUT2D eigenvalue weighted by Crippen LogP contribution is 2.15. The summed E-state index contributed by atoms with van der Waals surface area (Å²) in [5.74, 6) is -1.58. The molecule has 8 nitrogen and oxygen atoms in total. The van der Waals surface area contributed by atoms with Crippen LogP contribution in [-0.4, -0.2) is 38.5 Å². The fourth-order valence-electron chi connectivity index (χ4n) is 2.24. The molecule has 0 saturated heterocycles. The Labute approximate surface area is 153 Å². The van der Waals surface area contributed by atoms with Gasteiger partial charge in [-0.3, -0.25) is 10.2 Å². The zero-order valence-corrected chi connectivity index (χ0v) is 14.1. The van der Waals surface area contributed by atoms with Gasteiger partial charge in [0.1, 0.15) is 5.71 Å². The van der Waals surface area contributed by atoms with E-state index in [1.54, 1.807) is 24.3 Å². The van der Waals surface area contributed by atoms with Crippen LogP contribution in [0.3, 0.4) is 0 Å². The fraction of sp³-hybridized carbons (Fsp3) is 0. The summed E-state index contributed by atoms with van der Waals surface area (Å²) in [6.07, 6.45) is 0. The highest BCUT2D eigenvalue weighted by molar-refractivity contribution is 7.80. The standard InChI is InChI=1S/C17H13N5O3S/c18-17(26)22-15(23)14(13(21-22)10-4-2-1-3-5-10)20-19-12-8-6-11(7-9-12)16(24)25/h1-9,19H,(H2,18,26)(H,24,25)/b20-14+. The average molecular weight is 367 g/mol. The number of carboxylic acid groups (broad SMARTS) is 1. The molecule has 4 N–H and O–H groups in total. The van der Waals surface area contributed by atoms with Crippen molar-refractivity contribution in [1.29, 1.82) is 0 Å². The highest BCUT2D eigenvalue weighted by atomic mass is 32.1. The van der Waals surface area contributed by atoms with Crippen LogP contribution in [0.1, 0.15) is 15.9 Å². The monoisotopic (exact) mass is 367 g/mol. The van der Waals surface area contributed by atoms with Crippen molar-refractivity contribution in [3.63, 3.8) is 0 Å². The number of carbonyl (C=O) groups is 2. The Kier molecular flexibility index (Phi) is 4.72. The summed E-state index contributed by atoms with van der Waals surface area (Å²) in [6, 6.07) is 15.0. The number of hydrogen-bond donors (Lipinski definition) is 3. The molecule has 9 heteroatoms. The second kappa shape index (κ2) is 7.11. The Morgan fingerprint density at radius 2 is 1.81 bits per heavy atom. The number of amides is 1. The van der Waals surface area contributed by atoms with Gasteiger partial charge in [-0.25, -0.2) is 4.79 Å². The third-order valence-electron chi connectivity index (χ3n) is 3.50. The largest absolute Gasteiger partial charge is 0.478 e. The van der Waals surface area contributed by atoms with Crippen molar-refractivity contribution >= 4 is 46.3 Å². The smallest absolute Gasteiger partial charge is 0.335 e. The molecule has 0 saturated carbocycles. The van der Waals surface area contributed by atoms with Crippen molar-refractivity contribution in [2.75, 3.05) is 5.43 Å². The van der Waals surface area contributed by atoms with Crippen LogP contribution in [-0.2, 0) is 4.79 Å². The molecule has 0 radical (unpaired) electrons. The normalized spacial score (nSPS) is 15.1. The lowest BCUT2D eigenvalue weighted by Gasteiger charge is -2.07. The number of anilines is 1. The first-order chi connectivity index (χ1) is 12.5. The van der Waals surface area contributed by atoms with Gasteiger partial charge in [0, 0.05) is 5.56 Å². The molecule has 2 aromatic rings. The summed E-state index contributed by atoms with van der Waals surface area (Å²) in [5.41, 5.74) is 9.98. The summed E-state index contributed by atoms with van der Waals surface area (Å²) in [4.78, 5) is 23.4. The van der Waals surface area contributed by atoms with Gasteiger partial charge in [0.2, 0.25) is 0 Å². The third-order valence-corrected chi connectivity index (χ3v) is 3.68. The maximum atomic E-state index is 12.5. The maximum absolute atomic E-state index is 12.5. The number of benzene rings is 2. The lowest BCUT2D eigenvalue weighted by molar-refractivity contribution is -0.119. The van der Waals surface area contributed by atoms with E-state index in [0.29, 0.717) is 17.0 Å². The van der Waals surface area contributed by atoms with Gasteiger partial charge in [-0.15, -0.1) is 0 Å². The number of nitrogens with one attached hydrogen (secondary N) is 1. The predicted octanol–water partition coefficient (Wildman–Crippen LogP) is 1.64. The van der Waals surface area contributed by atoms with E-state index in [1.807, 2.05) is 6.07 Å². The third kappa shape index (κ3) is 3.42. The van der Waals surface area contributed by atoms with E-state index in [1.165, 1.54) is 24.3 Å². The number of thiocarbonyl (C=S) groups is 1. The van der Waals surface area contributed by atoms with Crippen LogP contribution in [0.5, 0.6) is 0 Å². The SMILES string of the molecule is NC(=S)N1N=C(c2ccccc2)/C(=N\Nc2ccc(C(=O)O)cc2)C1=O. The lowest BCUT2D eigenvalue weighted by atomic mass is 10.1. The summed E-state index contributed by atoms with van der Waals surface area (Å²) >= 11 is 4.85. The quantitative estimate of drug-likeness (QED) is 0.558. The van der Waals surface area contributed by atoms with E-state index in [2.05, 4.69) is 15.6 Å². The topological polar surface area (TPSA) is 120 Å². The second-order valence-electron chi connectivity index (χ2n) is 5.22. The lowest BCUT2D eigenvalue weighted by Crippen LogP contribution is -2.36. The zero-order chi connectivity index (χ0) is 18.7. The molecule has 1 amide bonds. The predicted molar refractivity (Wildman–Crippen MR) is 101 cm³/mol. The van der Waals surface area contributed by atoms with E-state index in [0.717, 1.165) is 5.01 Å². The summed E-state index contributed by atoms with van der Waals surface area (Å²) < 4.78 is 0. The van der Waals surface area contributed by atoms with E-state index in [-0.39, 0.29) is 16.4 Å². The molecule has 0 unspecified atom stereocenters. The first kappa shape index (κ1) is 17.2. The summed E-state index contributed by atoms with van der Waals surface area (Å²) in [7, 11) is 0. The van der Waals surface area contributed by atoms with Crippen molar-refractivity contribution < 1.29 is 14.7 Å². The number of hydrogen-bond acceptors (Lipinski definition) is 6. The Morgan fingerprint density at radius 1 is 1.15 bits per heavy atom. The molecule has 0 atom stereocenters. The van der Waals surface area contributed by atoms with Crippen molar-refractivity contribution in [2.45, 2.75) is 0 Å². The Bertz CT molecular complexity index is 939. The molecule has 130 valence electrons. The summed E-state index contributed by atoms with van der Waals surface area (Å²) in [5, 5.41) is 17.9. The van der Waals surface area contributed by atoms with Crippen LogP contribution >= 0.6 is 12.2 Å². The van der Waals surface area contributed by atoms with Gasteiger partial charge < -0.3 is 10.8 Å². The number of hydrazone groups is 2. The highest BCUT2D eigenvalue weighted by Gasteiger charge is 2.34. The van der Waals surface area contributed by atoms with Gasteiger partial charge in [-0.2, -0.15) is 15.2 Å². The maximum Gasteiger partial charge on any atom is 0.335 e. The minimum Gasteiger partial charge on any atom is -0.478 e. The van der Waals surface area contributed by atoms with Gasteiger partial charge in [0.15, 0.2) is 10.8 Å². The first-order valence-corrected chi connectivity index (χ1v) is 7.83. The molecule has 1 aliphatic rings.